The first-order valence-electron chi connectivity index (χ1n) is 10.3. The van der Waals surface area contributed by atoms with Crippen molar-refractivity contribution >= 4 is 40.0 Å². The summed E-state index contributed by atoms with van der Waals surface area (Å²) in [6.07, 6.45) is 7.03. The molecular weight excluding hydrogens is 513 g/mol. The van der Waals surface area contributed by atoms with Crippen LogP contribution in [0.2, 0.25) is 0 Å². The third-order valence-corrected chi connectivity index (χ3v) is 6.84. The highest BCUT2D eigenvalue weighted by atomic mass is 127. The van der Waals surface area contributed by atoms with Gasteiger partial charge in [0.05, 0.1) is 11.4 Å². The summed E-state index contributed by atoms with van der Waals surface area (Å²) >= 11 is 0. The minimum absolute atomic E-state index is 0. The summed E-state index contributed by atoms with van der Waals surface area (Å²) in [5, 5.41) is 6.55. The zero-order valence-corrected chi connectivity index (χ0v) is 20.6. The number of aromatic nitrogens is 1. The Morgan fingerprint density at radius 2 is 1.80 bits per heavy atom. The summed E-state index contributed by atoms with van der Waals surface area (Å²) in [5.74, 6) is 0.726. The van der Waals surface area contributed by atoms with Gasteiger partial charge < -0.3 is 15.2 Å². The van der Waals surface area contributed by atoms with Gasteiger partial charge in [0, 0.05) is 45.1 Å². The van der Waals surface area contributed by atoms with Gasteiger partial charge in [0.2, 0.25) is 10.0 Å². The molecule has 2 aromatic rings. The van der Waals surface area contributed by atoms with Crippen LogP contribution in [0.5, 0.6) is 0 Å². The number of nitrogens with zero attached hydrogens (tertiary/aromatic N) is 3. The number of piperidine rings is 1. The van der Waals surface area contributed by atoms with Gasteiger partial charge in [0.15, 0.2) is 5.96 Å². The average molecular weight is 545 g/mol. The van der Waals surface area contributed by atoms with Crippen LogP contribution in [0.3, 0.4) is 0 Å². The number of sulfonamides is 1. The fourth-order valence-corrected chi connectivity index (χ4v) is 4.98. The minimum atomic E-state index is -3.42. The van der Waals surface area contributed by atoms with Crippen LogP contribution in [0.15, 0.2) is 58.7 Å². The lowest BCUT2D eigenvalue weighted by Gasteiger charge is -2.26. The largest absolute Gasteiger partial charge is 0.357 e. The first kappa shape index (κ1) is 24.7. The molecule has 0 unspecified atom stereocenters. The molecule has 0 spiro atoms. The quantitative estimate of drug-likeness (QED) is 0.304. The van der Waals surface area contributed by atoms with E-state index in [-0.39, 0.29) is 24.0 Å². The van der Waals surface area contributed by atoms with Gasteiger partial charge in [0.25, 0.3) is 0 Å². The van der Waals surface area contributed by atoms with Gasteiger partial charge in [-0.1, -0.05) is 18.6 Å². The highest BCUT2D eigenvalue weighted by Gasteiger charge is 2.25. The Labute approximate surface area is 197 Å². The molecule has 1 aliphatic heterocycles. The van der Waals surface area contributed by atoms with Crippen LogP contribution in [0.1, 0.15) is 31.7 Å². The van der Waals surface area contributed by atoms with Gasteiger partial charge in [-0.15, -0.1) is 24.0 Å². The molecule has 166 valence electrons. The third kappa shape index (κ3) is 6.98. The van der Waals surface area contributed by atoms with E-state index in [9.17, 15) is 8.42 Å². The van der Waals surface area contributed by atoms with Crippen molar-refractivity contribution in [3.63, 3.8) is 0 Å². The van der Waals surface area contributed by atoms with E-state index in [0.717, 1.165) is 50.4 Å². The number of hydrogen-bond donors (Lipinski definition) is 2. The van der Waals surface area contributed by atoms with Crippen LogP contribution in [0, 0.1) is 0 Å². The van der Waals surface area contributed by atoms with E-state index >= 15 is 0 Å². The predicted octanol–water partition coefficient (Wildman–Crippen LogP) is 3.04. The van der Waals surface area contributed by atoms with Gasteiger partial charge in [-0.3, -0.25) is 0 Å². The summed E-state index contributed by atoms with van der Waals surface area (Å²) in [5.41, 5.74) is 0.880. The summed E-state index contributed by atoms with van der Waals surface area (Å²) in [6.45, 7) is 6.03. The number of halogens is 1. The van der Waals surface area contributed by atoms with E-state index in [2.05, 4.69) is 20.2 Å². The Kier molecular flexibility index (Phi) is 10.1. The number of rotatable bonds is 8. The standard InChI is InChI=1S/C21H31N5O2S.HI/c1-2-22-21(23-11-16-25-12-6-7-13-25)24-18-19-9-8-10-20(17-19)29(27,28)26-14-4-3-5-15-26;/h6-10,12-13,17H,2-5,11,14-16,18H2,1H3,(H2,22,23,24);1H. The van der Waals surface area contributed by atoms with Gasteiger partial charge in [0.1, 0.15) is 0 Å². The number of benzene rings is 1. The lowest BCUT2D eigenvalue weighted by molar-refractivity contribution is 0.346. The monoisotopic (exact) mass is 545 g/mol. The van der Waals surface area contributed by atoms with E-state index in [0.29, 0.717) is 24.5 Å². The fraction of sp³-hybridized carbons (Fsp3) is 0.476. The smallest absolute Gasteiger partial charge is 0.243 e. The molecule has 0 amide bonds. The molecule has 7 nitrogen and oxygen atoms in total. The minimum Gasteiger partial charge on any atom is -0.357 e. The fourth-order valence-electron chi connectivity index (χ4n) is 3.39. The highest BCUT2D eigenvalue weighted by molar-refractivity contribution is 14.0. The molecule has 1 saturated heterocycles. The van der Waals surface area contributed by atoms with E-state index in [1.165, 1.54) is 0 Å². The molecule has 0 atom stereocenters. The molecular formula is C21H32IN5O2S. The van der Waals surface area contributed by atoms with Gasteiger partial charge in [-0.25, -0.2) is 13.4 Å². The van der Waals surface area contributed by atoms with Crippen molar-refractivity contribution in [2.45, 2.75) is 44.2 Å². The Morgan fingerprint density at radius 3 is 2.50 bits per heavy atom. The SMILES string of the molecule is CCNC(=NCc1cccc(S(=O)(=O)N2CCCCC2)c1)NCCn1cccc1.I. The van der Waals surface area contributed by atoms with Crippen LogP contribution >= 0.6 is 24.0 Å². The lowest BCUT2D eigenvalue weighted by Crippen LogP contribution is -2.38. The molecule has 9 heteroatoms. The first-order chi connectivity index (χ1) is 14.1. The van der Waals surface area contributed by atoms with Crippen LogP contribution in [-0.4, -0.2) is 49.4 Å². The zero-order valence-electron chi connectivity index (χ0n) is 17.5. The lowest BCUT2D eigenvalue weighted by atomic mass is 10.2. The Bertz CT molecular complexity index is 894. The van der Waals surface area contributed by atoms with Crippen molar-refractivity contribution in [3.05, 3.63) is 54.4 Å². The van der Waals surface area contributed by atoms with Crippen molar-refractivity contribution in [1.29, 1.82) is 0 Å². The van der Waals surface area contributed by atoms with Gasteiger partial charge >= 0.3 is 0 Å². The van der Waals surface area contributed by atoms with Crippen LogP contribution in [-0.2, 0) is 23.1 Å². The van der Waals surface area contributed by atoms with Gasteiger partial charge in [-0.2, -0.15) is 4.31 Å². The van der Waals surface area contributed by atoms with Crippen LogP contribution in [0.25, 0.3) is 0 Å². The van der Waals surface area contributed by atoms with Crippen molar-refractivity contribution in [2.24, 2.45) is 4.99 Å². The second-order valence-electron chi connectivity index (χ2n) is 7.15. The van der Waals surface area contributed by atoms with E-state index in [1.54, 1.807) is 22.5 Å². The molecule has 30 heavy (non-hydrogen) atoms. The molecule has 2 N–H and O–H groups in total. The maximum atomic E-state index is 12.9. The molecule has 1 aromatic carbocycles. The van der Waals surface area contributed by atoms with Crippen LogP contribution < -0.4 is 10.6 Å². The second-order valence-corrected chi connectivity index (χ2v) is 9.09. The summed E-state index contributed by atoms with van der Waals surface area (Å²) in [6, 6.07) is 11.2. The maximum Gasteiger partial charge on any atom is 0.243 e. The van der Waals surface area contributed by atoms with Crippen molar-refractivity contribution in [1.82, 2.24) is 19.5 Å². The van der Waals surface area contributed by atoms with Crippen molar-refractivity contribution < 1.29 is 8.42 Å². The van der Waals surface area contributed by atoms with E-state index < -0.39 is 10.0 Å². The molecule has 1 fully saturated rings. The Hall–Kier alpha value is -1.59. The zero-order chi connectivity index (χ0) is 20.5. The molecule has 1 aromatic heterocycles. The molecule has 0 saturated carbocycles. The second kappa shape index (κ2) is 12.3. The molecule has 1 aliphatic rings. The van der Waals surface area contributed by atoms with Crippen molar-refractivity contribution in [3.8, 4) is 0 Å². The summed E-state index contributed by atoms with van der Waals surface area (Å²) in [4.78, 5) is 4.97. The molecule has 2 heterocycles. The Morgan fingerprint density at radius 1 is 1.07 bits per heavy atom. The maximum absolute atomic E-state index is 12.9. The third-order valence-electron chi connectivity index (χ3n) is 4.94. The number of aliphatic imine (C=N–C) groups is 1. The number of guanidine groups is 1. The highest BCUT2D eigenvalue weighted by Crippen LogP contribution is 2.21. The predicted molar refractivity (Wildman–Crippen MR) is 132 cm³/mol. The van der Waals surface area contributed by atoms with E-state index in [4.69, 9.17) is 0 Å². The van der Waals surface area contributed by atoms with Crippen LogP contribution in [0.4, 0.5) is 0 Å². The molecule has 0 bridgehead atoms. The number of nitrogens with one attached hydrogen (secondary N) is 2. The van der Waals surface area contributed by atoms with Gasteiger partial charge in [-0.05, 0) is 49.6 Å². The first-order valence-corrected chi connectivity index (χ1v) is 11.8. The normalized spacial score (nSPS) is 15.4. The van der Waals surface area contributed by atoms with E-state index in [1.807, 2.05) is 37.5 Å². The number of hydrogen-bond acceptors (Lipinski definition) is 3. The summed E-state index contributed by atoms with van der Waals surface area (Å²) in [7, 11) is -3.42. The molecule has 0 radical (unpaired) electrons. The Balaban J connectivity index is 0.00000320. The molecule has 0 aliphatic carbocycles. The molecule has 3 rings (SSSR count). The summed E-state index contributed by atoms with van der Waals surface area (Å²) < 4.78 is 29.5. The average Bonchev–Trinajstić information content (AvgIpc) is 3.26. The van der Waals surface area contributed by atoms with Crippen molar-refractivity contribution in [2.75, 3.05) is 26.2 Å². The topological polar surface area (TPSA) is 78.7 Å².